The number of hydrogen-bond acceptors (Lipinski definition) is 3. The quantitative estimate of drug-likeness (QED) is 0.686. The lowest BCUT2D eigenvalue weighted by Crippen LogP contribution is -2.51. The van der Waals surface area contributed by atoms with Gasteiger partial charge >= 0.3 is 18.2 Å². The van der Waals surface area contributed by atoms with E-state index in [1.54, 1.807) is 6.92 Å². The molecule has 0 radical (unpaired) electrons. The number of hydrogen-bond donors (Lipinski definition) is 2. The molecule has 0 aliphatic heterocycles. The molecule has 7 nitrogen and oxygen atoms in total. The van der Waals surface area contributed by atoms with Crippen LogP contribution >= 0.6 is 0 Å². The van der Waals surface area contributed by atoms with Crippen molar-refractivity contribution >= 4 is 17.9 Å². The molecule has 0 rings (SSSR count). The lowest BCUT2D eigenvalue weighted by atomic mass is 10.3. The predicted molar refractivity (Wildman–Crippen MR) is 66.3 cm³/mol. The highest BCUT2D eigenvalue weighted by molar-refractivity contribution is 5.85. The molecule has 21 heavy (non-hydrogen) atoms. The monoisotopic (exact) mass is 313 g/mol. The smallest absolute Gasteiger partial charge is 0.406 e. The molecule has 0 aliphatic rings. The Hall–Kier alpha value is -2.00. The van der Waals surface area contributed by atoms with Gasteiger partial charge in [0.2, 0.25) is 5.91 Å². The van der Waals surface area contributed by atoms with Crippen molar-refractivity contribution in [2.75, 3.05) is 26.2 Å². The maximum atomic E-state index is 12.4. The SMILES string of the molecule is CCCCN(CC(N)=O)C(=O)N(CC(=O)O)CC(F)(F)F. The highest BCUT2D eigenvalue weighted by Crippen LogP contribution is 2.17. The fraction of sp³-hybridized carbons (Fsp3) is 0.727. The lowest BCUT2D eigenvalue weighted by Gasteiger charge is -2.29. The minimum absolute atomic E-state index is 0.0201. The number of nitrogens with zero attached hydrogens (tertiary/aromatic N) is 2. The highest BCUT2D eigenvalue weighted by Gasteiger charge is 2.35. The van der Waals surface area contributed by atoms with Gasteiger partial charge in [0.15, 0.2) is 0 Å². The second-order valence-electron chi connectivity index (χ2n) is 4.39. The van der Waals surface area contributed by atoms with Gasteiger partial charge in [0.05, 0.1) is 0 Å². The van der Waals surface area contributed by atoms with Gasteiger partial charge in [-0.05, 0) is 6.42 Å². The van der Waals surface area contributed by atoms with Gasteiger partial charge in [0, 0.05) is 6.54 Å². The van der Waals surface area contributed by atoms with E-state index in [1.165, 1.54) is 0 Å². The number of primary amides is 1. The number of rotatable bonds is 8. The summed E-state index contributed by atoms with van der Waals surface area (Å²) in [6.45, 7) is -1.57. The average molecular weight is 313 g/mol. The Morgan fingerprint density at radius 2 is 1.71 bits per heavy atom. The van der Waals surface area contributed by atoms with Crippen molar-refractivity contribution in [1.82, 2.24) is 9.80 Å². The molecule has 0 aliphatic carbocycles. The first-order valence-corrected chi connectivity index (χ1v) is 6.17. The summed E-state index contributed by atoms with van der Waals surface area (Å²) < 4.78 is 37.2. The number of alkyl halides is 3. The average Bonchev–Trinajstić information content (AvgIpc) is 2.30. The molecule has 3 amide bonds. The number of carboxylic acids is 1. The molecule has 122 valence electrons. The predicted octanol–water partition coefficient (Wildman–Crippen LogP) is 0.643. The molecule has 0 aromatic carbocycles. The van der Waals surface area contributed by atoms with Gasteiger partial charge in [-0.3, -0.25) is 9.59 Å². The molecule has 0 atom stereocenters. The summed E-state index contributed by atoms with van der Waals surface area (Å²) in [7, 11) is 0. The van der Waals surface area contributed by atoms with Crippen LogP contribution in [0.2, 0.25) is 0 Å². The first-order chi connectivity index (χ1) is 9.56. The first-order valence-electron chi connectivity index (χ1n) is 6.17. The maximum absolute atomic E-state index is 12.4. The molecule has 3 N–H and O–H groups in total. The van der Waals surface area contributed by atoms with Crippen LogP contribution in [0.4, 0.5) is 18.0 Å². The Morgan fingerprint density at radius 3 is 2.10 bits per heavy atom. The number of amides is 3. The standard InChI is InChI=1S/C11H18F3N3O4/c1-2-3-4-16(5-8(15)18)10(21)17(6-9(19)20)7-11(12,13)14/h2-7H2,1H3,(H2,15,18)(H,19,20). The van der Waals surface area contributed by atoms with Gasteiger partial charge in [0.1, 0.15) is 19.6 Å². The van der Waals surface area contributed by atoms with Crippen molar-refractivity contribution in [2.24, 2.45) is 5.73 Å². The fourth-order valence-corrected chi connectivity index (χ4v) is 1.55. The Morgan fingerprint density at radius 1 is 1.14 bits per heavy atom. The van der Waals surface area contributed by atoms with Crippen molar-refractivity contribution < 1.29 is 32.7 Å². The van der Waals surface area contributed by atoms with E-state index >= 15 is 0 Å². The number of nitrogens with two attached hydrogens (primary N) is 1. The van der Waals surface area contributed by atoms with E-state index in [9.17, 15) is 27.6 Å². The van der Waals surface area contributed by atoms with Crippen molar-refractivity contribution in [3.05, 3.63) is 0 Å². The largest absolute Gasteiger partial charge is 0.480 e. The molecular formula is C11H18F3N3O4. The molecule has 0 bridgehead atoms. The van der Waals surface area contributed by atoms with Crippen LogP contribution in [0.1, 0.15) is 19.8 Å². The zero-order chi connectivity index (χ0) is 16.6. The van der Waals surface area contributed by atoms with Crippen LogP contribution in [0.15, 0.2) is 0 Å². The molecule has 0 aromatic rings. The third kappa shape index (κ3) is 8.71. The number of carboxylic acid groups (broad SMARTS) is 1. The van der Waals surface area contributed by atoms with E-state index in [-0.39, 0.29) is 11.4 Å². The summed E-state index contributed by atoms with van der Waals surface area (Å²) in [6.07, 6.45) is -3.65. The van der Waals surface area contributed by atoms with E-state index in [2.05, 4.69) is 0 Å². The van der Waals surface area contributed by atoms with Crippen LogP contribution < -0.4 is 5.73 Å². The molecule has 0 saturated heterocycles. The summed E-state index contributed by atoms with van der Waals surface area (Å²) in [5.41, 5.74) is 4.94. The maximum Gasteiger partial charge on any atom is 0.406 e. The van der Waals surface area contributed by atoms with Gasteiger partial charge < -0.3 is 20.6 Å². The zero-order valence-electron chi connectivity index (χ0n) is 11.5. The summed E-state index contributed by atoms with van der Waals surface area (Å²) in [6, 6.07) is -1.18. The first kappa shape index (κ1) is 19.0. The Bertz CT molecular complexity index is 387. The molecule has 0 spiro atoms. The lowest BCUT2D eigenvalue weighted by molar-refractivity contribution is -0.149. The van der Waals surface area contributed by atoms with Gasteiger partial charge in [-0.2, -0.15) is 13.2 Å². The third-order valence-electron chi connectivity index (χ3n) is 2.37. The summed E-state index contributed by atoms with van der Waals surface area (Å²) in [4.78, 5) is 34.4. The topological polar surface area (TPSA) is 104 Å². The van der Waals surface area contributed by atoms with Gasteiger partial charge in [-0.1, -0.05) is 13.3 Å². The van der Waals surface area contributed by atoms with E-state index in [1.807, 2.05) is 0 Å². The molecule has 0 unspecified atom stereocenters. The number of aliphatic carboxylic acids is 1. The Labute approximate surface area is 119 Å². The highest BCUT2D eigenvalue weighted by atomic mass is 19.4. The van der Waals surface area contributed by atoms with Gasteiger partial charge in [-0.15, -0.1) is 0 Å². The Kier molecular flexibility index (Phi) is 7.53. The number of halogens is 3. The number of carbonyl (C=O) groups is 3. The van der Waals surface area contributed by atoms with Gasteiger partial charge in [0.25, 0.3) is 0 Å². The van der Waals surface area contributed by atoms with Crippen LogP contribution in [0.5, 0.6) is 0 Å². The minimum Gasteiger partial charge on any atom is -0.480 e. The van der Waals surface area contributed by atoms with E-state index in [4.69, 9.17) is 10.8 Å². The van der Waals surface area contributed by atoms with Crippen LogP contribution in [-0.4, -0.2) is 65.2 Å². The Balaban J connectivity index is 5.06. The molecule has 0 heterocycles. The zero-order valence-corrected chi connectivity index (χ0v) is 11.5. The van der Waals surface area contributed by atoms with E-state index in [0.29, 0.717) is 12.8 Å². The van der Waals surface area contributed by atoms with Crippen molar-refractivity contribution in [1.29, 1.82) is 0 Å². The van der Waals surface area contributed by atoms with E-state index in [0.717, 1.165) is 4.90 Å². The van der Waals surface area contributed by atoms with Crippen LogP contribution in [0.25, 0.3) is 0 Å². The molecule has 0 aromatic heterocycles. The summed E-state index contributed by atoms with van der Waals surface area (Å²) >= 11 is 0. The van der Waals surface area contributed by atoms with Crippen LogP contribution in [0, 0.1) is 0 Å². The number of urea groups is 1. The van der Waals surface area contributed by atoms with Gasteiger partial charge in [-0.25, -0.2) is 4.79 Å². The van der Waals surface area contributed by atoms with Crippen molar-refractivity contribution in [3.8, 4) is 0 Å². The summed E-state index contributed by atoms with van der Waals surface area (Å²) in [5, 5.41) is 8.60. The number of unbranched alkanes of at least 4 members (excludes halogenated alkanes) is 1. The molecular weight excluding hydrogens is 295 g/mol. The summed E-state index contributed by atoms with van der Waals surface area (Å²) in [5.74, 6) is -2.47. The fourth-order valence-electron chi connectivity index (χ4n) is 1.55. The molecule has 10 heteroatoms. The molecule has 0 fully saturated rings. The minimum atomic E-state index is -4.74. The molecule has 0 saturated carbocycles. The number of carbonyl (C=O) groups excluding carboxylic acids is 2. The van der Waals surface area contributed by atoms with Crippen molar-refractivity contribution in [2.45, 2.75) is 25.9 Å². The van der Waals surface area contributed by atoms with Crippen molar-refractivity contribution in [3.63, 3.8) is 0 Å². The normalized spacial score (nSPS) is 11.0. The second-order valence-corrected chi connectivity index (χ2v) is 4.39. The van der Waals surface area contributed by atoms with Crippen LogP contribution in [0.3, 0.4) is 0 Å². The third-order valence-corrected chi connectivity index (χ3v) is 2.37. The second kappa shape index (κ2) is 8.32. The van der Waals surface area contributed by atoms with Crippen LogP contribution in [-0.2, 0) is 9.59 Å². The van der Waals surface area contributed by atoms with E-state index < -0.39 is 43.7 Å².